The molecule has 6 heteroatoms. The van der Waals surface area contributed by atoms with Crippen molar-refractivity contribution >= 4 is 118 Å². The molecule has 0 aliphatic carbocycles. The van der Waals surface area contributed by atoms with Crippen molar-refractivity contribution in [1.29, 1.82) is 0 Å². The van der Waals surface area contributed by atoms with Gasteiger partial charge in [0.25, 0.3) is 0 Å². The Morgan fingerprint density at radius 2 is 0.982 bits per heavy atom. The molecule has 0 bridgehead atoms. The maximum atomic E-state index is 5.66. The van der Waals surface area contributed by atoms with Crippen molar-refractivity contribution < 1.29 is 0 Å². The fourth-order valence-corrected chi connectivity index (χ4v) is 11.6. The summed E-state index contributed by atoms with van der Waals surface area (Å²) >= 11 is 3.66. The Labute approximate surface area is 327 Å². The number of para-hydroxylation sites is 3. The van der Waals surface area contributed by atoms with Gasteiger partial charge in [0.05, 0.1) is 38.0 Å². The van der Waals surface area contributed by atoms with Gasteiger partial charge in [-0.05, 0) is 48.5 Å². The Hall–Kier alpha value is -6.86. The predicted molar refractivity (Wildman–Crippen MR) is 239 cm³/mol. The molecule has 0 N–H and O–H groups in total. The minimum absolute atomic E-state index is 0.679. The molecule has 0 fully saturated rings. The zero-order valence-electron chi connectivity index (χ0n) is 29.8. The molecule has 5 heterocycles. The Morgan fingerprint density at radius 3 is 1.79 bits per heavy atom. The van der Waals surface area contributed by atoms with Gasteiger partial charge in [0.1, 0.15) is 0 Å². The van der Waals surface area contributed by atoms with Crippen molar-refractivity contribution in [1.82, 2.24) is 19.1 Å². The molecule has 0 aliphatic rings. The van der Waals surface area contributed by atoms with Crippen LogP contribution in [0.25, 0.3) is 118 Å². The van der Waals surface area contributed by atoms with Crippen LogP contribution >= 0.6 is 22.7 Å². The Morgan fingerprint density at radius 1 is 0.393 bits per heavy atom. The monoisotopic (exact) mass is 748 g/mol. The first-order valence-corrected chi connectivity index (χ1v) is 20.5. The molecule has 260 valence electrons. The van der Waals surface area contributed by atoms with Crippen molar-refractivity contribution in [3.05, 3.63) is 170 Å². The SMILES string of the molecule is c1ccc(-n2c3ccccc3c3cc(-c4nc(-n5c6ccccc6c6c7c8ccccc8sc7c7ccccc7c65)nc5c4sc4ccccc45)ccc32)cc1. The number of hydrogen-bond acceptors (Lipinski definition) is 4. The lowest BCUT2D eigenvalue weighted by Gasteiger charge is -2.12. The van der Waals surface area contributed by atoms with E-state index in [1.807, 2.05) is 11.3 Å². The number of hydrogen-bond donors (Lipinski definition) is 0. The van der Waals surface area contributed by atoms with Gasteiger partial charge in [-0.2, -0.15) is 0 Å². The summed E-state index contributed by atoms with van der Waals surface area (Å²) in [7, 11) is 0. The highest BCUT2D eigenvalue weighted by atomic mass is 32.1. The molecule has 0 radical (unpaired) electrons. The Balaban J connectivity index is 1.18. The predicted octanol–water partition coefficient (Wildman–Crippen LogP) is 14.2. The van der Waals surface area contributed by atoms with E-state index in [4.69, 9.17) is 9.97 Å². The maximum absolute atomic E-state index is 5.66. The van der Waals surface area contributed by atoms with Crippen molar-refractivity contribution in [3.8, 4) is 22.9 Å². The largest absolute Gasteiger partial charge is 0.309 e. The lowest BCUT2D eigenvalue weighted by molar-refractivity contribution is 1.02. The first kappa shape index (κ1) is 30.5. The van der Waals surface area contributed by atoms with Gasteiger partial charge in [0, 0.05) is 73.8 Å². The molecule has 0 amide bonds. The molecule has 4 nitrogen and oxygen atoms in total. The van der Waals surface area contributed by atoms with Gasteiger partial charge in [-0.1, -0.05) is 121 Å². The summed E-state index contributed by atoms with van der Waals surface area (Å²) in [4.78, 5) is 11.2. The highest BCUT2D eigenvalue weighted by Gasteiger charge is 2.25. The van der Waals surface area contributed by atoms with Crippen molar-refractivity contribution in [2.75, 3.05) is 0 Å². The molecular weight excluding hydrogens is 721 g/mol. The number of aromatic nitrogens is 4. The third kappa shape index (κ3) is 4.06. The second-order valence-electron chi connectivity index (χ2n) is 14.5. The van der Waals surface area contributed by atoms with E-state index in [2.05, 4.69) is 179 Å². The quantitative estimate of drug-likeness (QED) is 0.180. The molecule has 8 aromatic carbocycles. The van der Waals surface area contributed by atoms with E-state index < -0.39 is 0 Å². The lowest BCUT2D eigenvalue weighted by atomic mass is 10.00. The van der Waals surface area contributed by atoms with Crippen LogP contribution in [0.15, 0.2) is 170 Å². The number of thiophene rings is 2. The van der Waals surface area contributed by atoms with Crippen LogP contribution in [0.2, 0.25) is 0 Å². The van der Waals surface area contributed by atoms with E-state index in [0.29, 0.717) is 5.95 Å². The molecule has 13 aromatic rings. The fourth-order valence-electron chi connectivity index (χ4n) is 9.18. The summed E-state index contributed by atoms with van der Waals surface area (Å²) in [5.74, 6) is 0.679. The number of benzene rings is 8. The van der Waals surface area contributed by atoms with Crippen LogP contribution in [0.5, 0.6) is 0 Å². The molecular formula is C50H28N4S2. The van der Waals surface area contributed by atoms with E-state index in [-0.39, 0.29) is 0 Å². The number of rotatable bonds is 3. The van der Waals surface area contributed by atoms with Gasteiger partial charge in [0.15, 0.2) is 0 Å². The van der Waals surface area contributed by atoms with Crippen LogP contribution in [0.3, 0.4) is 0 Å². The maximum Gasteiger partial charge on any atom is 0.235 e. The zero-order chi connectivity index (χ0) is 36.5. The van der Waals surface area contributed by atoms with Crippen LogP contribution in [0.4, 0.5) is 0 Å². The molecule has 56 heavy (non-hydrogen) atoms. The van der Waals surface area contributed by atoms with Gasteiger partial charge in [0.2, 0.25) is 5.95 Å². The zero-order valence-corrected chi connectivity index (χ0v) is 31.4. The molecule has 0 saturated heterocycles. The minimum atomic E-state index is 0.679. The second kappa shape index (κ2) is 11.3. The summed E-state index contributed by atoms with van der Waals surface area (Å²) in [6, 6.07) is 61.3. The van der Waals surface area contributed by atoms with Crippen LogP contribution < -0.4 is 0 Å². The molecule has 0 atom stereocenters. The van der Waals surface area contributed by atoms with Gasteiger partial charge < -0.3 is 4.57 Å². The molecule has 0 saturated carbocycles. The molecule has 13 rings (SSSR count). The summed E-state index contributed by atoms with van der Waals surface area (Å²) < 4.78 is 9.63. The van der Waals surface area contributed by atoms with Crippen LogP contribution in [0, 0.1) is 0 Å². The second-order valence-corrected chi connectivity index (χ2v) is 16.6. The normalized spacial score (nSPS) is 12.3. The summed E-state index contributed by atoms with van der Waals surface area (Å²) in [5.41, 5.74) is 8.75. The van der Waals surface area contributed by atoms with Crippen molar-refractivity contribution in [2.45, 2.75) is 0 Å². The minimum Gasteiger partial charge on any atom is -0.309 e. The van der Waals surface area contributed by atoms with Gasteiger partial charge >= 0.3 is 0 Å². The first-order chi connectivity index (χ1) is 27.8. The van der Waals surface area contributed by atoms with Gasteiger partial charge in [-0.15, -0.1) is 22.7 Å². The average molecular weight is 749 g/mol. The fraction of sp³-hybridized carbons (Fsp3) is 0. The first-order valence-electron chi connectivity index (χ1n) is 18.8. The third-order valence-electron chi connectivity index (χ3n) is 11.5. The van der Waals surface area contributed by atoms with E-state index in [1.54, 1.807) is 11.3 Å². The molecule has 0 aliphatic heterocycles. The Kier molecular flexibility index (Phi) is 6.17. The van der Waals surface area contributed by atoms with Gasteiger partial charge in [-0.25, -0.2) is 9.97 Å². The Bertz CT molecular complexity index is 3770. The molecule has 0 unspecified atom stereocenters. The van der Waals surface area contributed by atoms with E-state index in [9.17, 15) is 0 Å². The molecule has 5 aromatic heterocycles. The average Bonchev–Trinajstić information content (AvgIpc) is 4.01. The van der Waals surface area contributed by atoms with Crippen LogP contribution in [0.1, 0.15) is 0 Å². The number of nitrogens with zero attached hydrogens (tertiary/aromatic N) is 4. The van der Waals surface area contributed by atoms with Crippen molar-refractivity contribution in [2.24, 2.45) is 0 Å². The third-order valence-corrected chi connectivity index (χ3v) is 13.9. The summed E-state index contributed by atoms with van der Waals surface area (Å²) in [5, 5.41) is 11.1. The lowest BCUT2D eigenvalue weighted by Crippen LogP contribution is -2.03. The van der Waals surface area contributed by atoms with Crippen LogP contribution in [-0.4, -0.2) is 19.1 Å². The smallest absolute Gasteiger partial charge is 0.235 e. The van der Waals surface area contributed by atoms with E-state index >= 15 is 0 Å². The van der Waals surface area contributed by atoms with Crippen LogP contribution in [-0.2, 0) is 0 Å². The van der Waals surface area contributed by atoms with Crippen molar-refractivity contribution in [3.63, 3.8) is 0 Å². The number of fused-ring (bicyclic) bond motifs is 16. The summed E-state index contributed by atoms with van der Waals surface area (Å²) in [6.07, 6.45) is 0. The van der Waals surface area contributed by atoms with E-state index in [0.717, 1.165) is 43.6 Å². The highest BCUT2D eigenvalue weighted by molar-refractivity contribution is 7.27. The highest BCUT2D eigenvalue weighted by Crippen LogP contribution is 2.48. The van der Waals surface area contributed by atoms with E-state index in [1.165, 1.54) is 68.2 Å². The molecule has 0 spiro atoms. The summed E-state index contributed by atoms with van der Waals surface area (Å²) in [6.45, 7) is 0. The van der Waals surface area contributed by atoms with Gasteiger partial charge in [-0.3, -0.25) is 4.57 Å². The topological polar surface area (TPSA) is 35.6 Å². The standard InChI is InChI=1S/C50H28N4S2/c1-2-14-30(15-3-1)53-38-22-10-6-16-31(38)37-28-29(26-27-40(37)53)45-49-46(36-21-9-13-25-42(36)56-49)52-50(51-45)54-39-23-11-7-19-34(39)43-44-35-20-8-12-24-41(35)55-48(44)33-18-5-4-17-32(33)47(43)54/h1-28H.